The number of amides is 1. The molecule has 1 saturated heterocycles. The van der Waals surface area contributed by atoms with Crippen molar-refractivity contribution in [2.45, 2.75) is 58.0 Å². The molecule has 1 aliphatic carbocycles. The van der Waals surface area contributed by atoms with Gasteiger partial charge in [-0.3, -0.25) is 9.59 Å². The standard InChI is InChI=1S/C21H29NO2S/c1-17(2,3)20(16(24)22(8)14-12-10-9-11-13-14)21(25-20)18(4,5)15(23)19(21,6)7/h9-13H,1-8H3. The van der Waals surface area contributed by atoms with E-state index < -0.39 is 15.6 Å². The van der Waals surface area contributed by atoms with Gasteiger partial charge in [-0.15, -0.1) is 11.8 Å². The van der Waals surface area contributed by atoms with Gasteiger partial charge in [-0.1, -0.05) is 66.7 Å². The van der Waals surface area contributed by atoms with E-state index in [1.54, 1.807) is 16.7 Å². The molecule has 3 rings (SSSR count). The summed E-state index contributed by atoms with van der Waals surface area (Å²) in [6, 6.07) is 9.75. The van der Waals surface area contributed by atoms with Crippen LogP contribution in [0.2, 0.25) is 0 Å². The van der Waals surface area contributed by atoms with E-state index in [4.69, 9.17) is 0 Å². The summed E-state index contributed by atoms with van der Waals surface area (Å²) in [4.78, 5) is 28.3. The van der Waals surface area contributed by atoms with Gasteiger partial charge in [-0.05, 0) is 17.5 Å². The Bertz CT molecular complexity index is 727. The van der Waals surface area contributed by atoms with Crippen LogP contribution in [-0.2, 0) is 9.59 Å². The molecule has 1 atom stereocenters. The number of hydrogen-bond acceptors (Lipinski definition) is 3. The molecule has 1 saturated carbocycles. The normalized spacial score (nSPS) is 28.4. The highest BCUT2D eigenvalue weighted by Gasteiger charge is 2.94. The number of thioether (sulfide) groups is 1. The highest BCUT2D eigenvalue weighted by atomic mass is 32.2. The molecule has 3 nitrogen and oxygen atoms in total. The third-order valence-electron chi connectivity index (χ3n) is 6.46. The molecule has 1 unspecified atom stereocenters. The molecule has 25 heavy (non-hydrogen) atoms. The van der Waals surface area contributed by atoms with E-state index in [0.717, 1.165) is 5.69 Å². The van der Waals surface area contributed by atoms with Gasteiger partial charge in [0.05, 0.1) is 4.75 Å². The smallest absolute Gasteiger partial charge is 0.245 e. The van der Waals surface area contributed by atoms with Gasteiger partial charge < -0.3 is 4.90 Å². The predicted molar refractivity (Wildman–Crippen MR) is 105 cm³/mol. The van der Waals surface area contributed by atoms with Crippen LogP contribution in [0.25, 0.3) is 0 Å². The number of hydrogen-bond donors (Lipinski definition) is 0. The molecule has 136 valence electrons. The second-order valence-electron chi connectivity index (χ2n) is 9.49. The topological polar surface area (TPSA) is 37.4 Å². The van der Waals surface area contributed by atoms with Crippen LogP contribution in [0.4, 0.5) is 5.69 Å². The van der Waals surface area contributed by atoms with Crippen LogP contribution in [0.5, 0.6) is 0 Å². The van der Waals surface area contributed by atoms with Crippen molar-refractivity contribution in [1.29, 1.82) is 0 Å². The minimum absolute atomic E-state index is 0.102. The van der Waals surface area contributed by atoms with E-state index in [2.05, 4.69) is 20.8 Å². The third-order valence-corrected chi connectivity index (χ3v) is 9.29. The molecule has 1 aromatic carbocycles. The number of carbonyl (C=O) groups excluding carboxylic acids is 2. The molecule has 1 spiro atoms. The fourth-order valence-electron chi connectivity index (χ4n) is 5.36. The Morgan fingerprint density at radius 3 is 1.92 bits per heavy atom. The van der Waals surface area contributed by atoms with Gasteiger partial charge >= 0.3 is 0 Å². The second-order valence-corrected chi connectivity index (χ2v) is 10.9. The van der Waals surface area contributed by atoms with Gasteiger partial charge in [-0.25, -0.2) is 0 Å². The van der Waals surface area contributed by atoms with E-state index in [-0.39, 0.29) is 21.9 Å². The molecule has 0 radical (unpaired) electrons. The molecule has 4 heteroatoms. The molecule has 1 aliphatic heterocycles. The molecule has 1 heterocycles. The number of anilines is 1. The summed E-state index contributed by atoms with van der Waals surface area (Å²) in [6.07, 6.45) is 0. The van der Waals surface area contributed by atoms with Crippen molar-refractivity contribution in [3.05, 3.63) is 30.3 Å². The SMILES string of the molecule is CN(C(=O)C1(C(C)(C)C)SC12C(C)(C)C(=O)C2(C)C)c1ccccc1. The lowest BCUT2D eigenvalue weighted by Gasteiger charge is -2.59. The van der Waals surface area contributed by atoms with Gasteiger partial charge in [0.1, 0.15) is 10.5 Å². The Labute approximate surface area is 155 Å². The molecule has 0 N–H and O–H groups in total. The fourth-order valence-corrected chi connectivity index (χ4v) is 7.90. The van der Waals surface area contributed by atoms with Crippen LogP contribution in [0.1, 0.15) is 48.5 Å². The van der Waals surface area contributed by atoms with Crippen LogP contribution in [0, 0.1) is 16.2 Å². The highest BCUT2D eigenvalue weighted by molar-refractivity contribution is 8.11. The average molecular weight is 360 g/mol. The Kier molecular flexibility index (Phi) is 3.63. The van der Waals surface area contributed by atoms with E-state index in [9.17, 15) is 9.59 Å². The summed E-state index contributed by atoms with van der Waals surface area (Å²) in [6.45, 7) is 14.4. The summed E-state index contributed by atoms with van der Waals surface area (Å²) in [5.74, 6) is 0.360. The van der Waals surface area contributed by atoms with Gasteiger partial charge in [0.15, 0.2) is 0 Å². The number of ketones is 1. The first-order valence-corrected chi connectivity index (χ1v) is 9.69. The van der Waals surface area contributed by atoms with Crippen molar-refractivity contribution in [2.75, 3.05) is 11.9 Å². The minimum atomic E-state index is -0.606. The van der Waals surface area contributed by atoms with E-state index in [0.29, 0.717) is 0 Å². The van der Waals surface area contributed by atoms with Crippen molar-refractivity contribution >= 4 is 29.1 Å². The van der Waals surface area contributed by atoms with Crippen LogP contribution in [0.3, 0.4) is 0 Å². The molecule has 0 aromatic heterocycles. The fraction of sp³-hybridized carbons (Fsp3) is 0.619. The molecule has 2 aliphatic rings. The number of Topliss-reactive ketones (excluding diaryl/α,β-unsaturated/α-hetero) is 1. The Hall–Kier alpha value is -1.29. The van der Waals surface area contributed by atoms with Gasteiger partial charge in [0.25, 0.3) is 0 Å². The first-order valence-electron chi connectivity index (χ1n) is 8.87. The maximum absolute atomic E-state index is 13.8. The molecule has 2 fully saturated rings. The van der Waals surface area contributed by atoms with Crippen molar-refractivity contribution < 1.29 is 9.59 Å². The number of para-hydroxylation sites is 1. The summed E-state index contributed by atoms with van der Waals surface area (Å²) in [7, 11) is 1.85. The minimum Gasteiger partial charge on any atom is -0.314 e. The van der Waals surface area contributed by atoms with Gasteiger partial charge in [0.2, 0.25) is 5.91 Å². The zero-order chi connectivity index (χ0) is 19.1. The second kappa shape index (κ2) is 4.91. The van der Waals surface area contributed by atoms with Crippen LogP contribution < -0.4 is 4.90 Å². The number of benzene rings is 1. The quantitative estimate of drug-likeness (QED) is 0.727. The highest BCUT2D eigenvalue weighted by Crippen LogP contribution is 2.88. The Balaban J connectivity index is 2.11. The zero-order valence-corrected chi connectivity index (χ0v) is 17.4. The maximum atomic E-state index is 13.8. The first-order chi connectivity index (χ1) is 11.3. The van der Waals surface area contributed by atoms with E-state index >= 15 is 0 Å². The van der Waals surface area contributed by atoms with Crippen molar-refractivity contribution in [3.63, 3.8) is 0 Å². The van der Waals surface area contributed by atoms with Crippen molar-refractivity contribution in [1.82, 2.24) is 0 Å². The van der Waals surface area contributed by atoms with Crippen LogP contribution in [-0.4, -0.2) is 28.2 Å². The molecule has 1 amide bonds. The molecular weight excluding hydrogens is 330 g/mol. The largest absolute Gasteiger partial charge is 0.314 e. The maximum Gasteiger partial charge on any atom is 0.245 e. The lowest BCUT2D eigenvalue weighted by molar-refractivity contribution is -0.162. The Morgan fingerprint density at radius 1 is 1.00 bits per heavy atom. The average Bonchev–Trinajstić information content (AvgIpc) is 3.28. The summed E-state index contributed by atoms with van der Waals surface area (Å²) in [5.41, 5.74) is -0.365. The summed E-state index contributed by atoms with van der Waals surface area (Å²) in [5, 5.41) is 0. The lowest BCUT2D eigenvalue weighted by atomic mass is 9.41. The summed E-state index contributed by atoms with van der Waals surface area (Å²) < 4.78 is -0.964. The number of nitrogens with zero attached hydrogens (tertiary/aromatic N) is 1. The van der Waals surface area contributed by atoms with Crippen molar-refractivity contribution in [2.24, 2.45) is 16.2 Å². The molecule has 0 bridgehead atoms. The number of rotatable bonds is 2. The molecular formula is C21H29NO2S. The van der Waals surface area contributed by atoms with Gasteiger partial charge in [0, 0.05) is 23.6 Å². The zero-order valence-electron chi connectivity index (χ0n) is 16.6. The third kappa shape index (κ3) is 1.84. The van der Waals surface area contributed by atoms with Crippen molar-refractivity contribution in [3.8, 4) is 0 Å². The van der Waals surface area contributed by atoms with E-state index in [1.807, 2.05) is 65.1 Å². The predicted octanol–water partition coefficient (Wildman–Crippen LogP) is 4.56. The Morgan fingerprint density at radius 2 is 1.48 bits per heavy atom. The van der Waals surface area contributed by atoms with Crippen LogP contribution >= 0.6 is 11.8 Å². The lowest BCUT2D eigenvalue weighted by Crippen LogP contribution is -2.73. The number of carbonyl (C=O) groups is 2. The first kappa shape index (κ1) is 18.5. The summed E-state index contributed by atoms with van der Waals surface area (Å²) >= 11 is 1.72. The van der Waals surface area contributed by atoms with E-state index in [1.165, 1.54) is 0 Å². The monoisotopic (exact) mass is 359 g/mol. The van der Waals surface area contributed by atoms with Crippen LogP contribution in [0.15, 0.2) is 30.3 Å². The molecule has 1 aromatic rings. The van der Waals surface area contributed by atoms with Gasteiger partial charge in [-0.2, -0.15) is 0 Å².